The molecule has 0 aliphatic heterocycles. The van der Waals surface area contributed by atoms with Crippen LogP contribution in [0.2, 0.25) is 0 Å². The van der Waals surface area contributed by atoms with Gasteiger partial charge in [0.05, 0.1) is 0 Å². The number of hydrogen-bond acceptors (Lipinski definition) is 0. The van der Waals surface area contributed by atoms with Crippen LogP contribution in [-0.2, 0) is 73.9 Å². The summed E-state index contributed by atoms with van der Waals surface area (Å²) < 4.78 is 0. The molecule has 5 radical (unpaired) electrons. The van der Waals surface area contributed by atoms with E-state index in [1.54, 1.807) is 0 Å². The Morgan fingerprint density at radius 2 is 1.00 bits per heavy atom. The maximum absolute atomic E-state index is 0. The zero-order valence-corrected chi connectivity index (χ0v) is 7.61. The standard InChI is InChI=1S/B.Cr.Cu.Fe.Nb.H4Si/h;;;;;1H4. The normalized spacial score (nSPS) is 0. The predicted molar refractivity (Wildman–Crippen MR) is 17.1 cm³/mol. The molecule has 0 aromatic rings. The second-order valence-electron chi connectivity index (χ2n) is 0. The minimum absolute atomic E-state index is 0. The van der Waals surface area contributed by atoms with Gasteiger partial charge in [-0.2, -0.15) is 0 Å². The third kappa shape index (κ3) is 30.7. The zero-order valence-electron chi connectivity index (χ0n) is 2.09. The third-order valence-electron chi connectivity index (χ3n) is 0. The number of rotatable bonds is 0. The molecule has 0 nitrogen and oxygen atoms in total. The summed E-state index contributed by atoms with van der Waals surface area (Å²) in [5.74, 6) is 0. The first-order chi connectivity index (χ1) is 0. The maximum atomic E-state index is 0. The fourth-order valence-electron chi connectivity index (χ4n) is 0. The van der Waals surface area contributed by atoms with Crippen LogP contribution < -0.4 is 0 Å². The van der Waals surface area contributed by atoms with Crippen LogP contribution in [0.3, 0.4) is 0 Å². The first-order valence-corrected chi connectivity index (χ1v) is 0. The van der Waals surface area contributed by atoms with E-state index in [1.165, 1.54) is 0 Å². The van der Waals surface area contributed by atoms with Crippen molar-refractivity contribution in [3.63, 3.8) is 0 Å². The van der Waals surface area contributed by atoms with E-state index in [4.69, 9.17) is 0 Å². The molecule has 0 saturated heterocycles. The molecule has 0 saturated carbocycles. The molecule has 6 heteroatoms. The van der Waals surface area contributed by atoms with E-state index < -0.39 is 0 Å². The summed E-state index contributed by atoms with van der Waals surface area (Å²) in [4.78, 5) is 0. The Balaban J connectivity index is 0. The molecule has 0 aromatic heterocycles. The van der Waals surface area contributed by atoms with E-state index in [9.17, 15) is 0 Å². The smallest absolute Gasteiger partial charge is 0 e. The minimum Gasteiger partial charge on any atom is -0.0149 e. The second-order valence-corrected chi connectivity index (χ2v) is 0. The van der Waals surface area contributed by atoms with Crippen molar-refractivity contribution in [2.75, 3.05) is 0 Å². The minimum atomic E-state index is 0. The molecule has 0 unspecified atom stereocenters. The topological polar surface area (TPSA) is 0 Å². The third-order valence-corrected chi connectivity index (χ3v) is 0. The Morgan fingerprint density at radius 3 is 1.00 bits per heavy atom. The van der Waals surface area contributed by atoms with Crippen molar-refractivity contribution in [3.8, 4) is 0 Å². The molecule has 0 fully saturated rings. The molecule has 0 rings (SSSR count). The molecule has 0 spiro atoms. The summed E-state index contributed by atoms with van der Waals surface area (Å²) in [6.07, 6.45) is 0. The predicted octanol–water partition coefficient (Wildman–Crippen LogP) is -1.84. The summed E-state index contributed by atoms with van der Waals surface area (Å²) in [5, 5.41) is 0. The van der Waals surface area contributed by atoms with Gasteiger partial charge in [-0.1, -0.05) is 0 Å². The molecule has 41 valence electrons. The van der Waals surface area contributed by atoms with Gasteiger partial charge in [-0.25, -0.2) is 0 Å². The van der Waals surface area contributed by atoms with Gasteiger partial charge in [0.1, 0.15) is 0 Å². The van der Waals surface area contributed by atoms with Gasteiger partial charge >= 0.3 is 0 Å². The van der Waals surface area contributed by atoms with Crippen molar-refractivity contribution in [1.82, 2.24) is 0 Å². The van der Waals surface area contributed by atoms with Gasteiger partial charge in [-0.05, 0) is 11.0 Å². The van der Waals surface area contributed by atoms with Gasteiger partial charge in [-0.15, -0.1) is 0 Å². The SMILES string of the molecule is [B].[Cr].[Cu].[Fe].[Nb].[SiH4]. The molecule has 0 amide bonds. The van der Waals surface area contributed by atoms with Crippen LogP contribution in [0.1, 0.15) is 0 Å². The monoisotopic (exact) mass is 307 g/mol. The second kappa shape index (κ2) is 49.1. The fourth-order valence-corrected chi connectivity index (χ4v) is 0. The van der Waals surface area contributed by atoms with Gasteiger partial charge in [0.2, 0.25) is 0 Å². The van der Waals surface area contributed by atoms with Crippen LogP contribution in [-0.4, -0.2) is 19.4 Å². The van der Waals surface area contributed by atoms with Gasteiger partial charge in [0.15, 0.2) is 0 Å². The van der Waals surface area contributed by atoms with E-state index in [-0.39, 0.29) is 93.3 Å². The largest absolute Gasteiger partial charge is 0.0149 e. The van der Waals surface area contributed by atoms with Crippen molar-refractivity contribution >= 4 is 19.4 Å². The van der Waals surface area contributed by atoms with Gasteiger partial charge in [-0.3, -0.25) is 0 Å². The Labute approximate surface area is 92.2 Å². The molecule has 0 N–H and O–H groups in total. The average Bonchev–Trinajstić information content (AvgIpc) is 0. The van der Waals surface area contributed by atoms with Crippen molar-refractivity contribution in [2.45, 2.75) is 0 Å². The molecular weight excluding hydrogens is 303 g/mol. The molecule has 0 bridgehead atoms. The Morgan fingerprint density at radius 1 is 1.00 bits per heavy atom. The van der Waals surface area contributed by atoms with Crippen molar-refractivity contribution in [3.05, 3.63) is 0 Å². The molecule has 0 aromatic carbocycles. The van der Waals surface area contributed by atoms with Crippen LogP contribution in [0.4, 0.5) is 0 Å². The number of hydrogen-bond donors (Lipinski definition) is 0. The van der Waals surface area contributed by atoms with Crippen LogP contribution in [0.15, 0.2) is 0 Å². The van der Waals surface area contributed by atoms with Crippen LogP contribution in [0.5, 0.6) is 0 Å². The molecule has 0 heterocycles. The molecular formula is H4BCrCuFeNbSi. The molecule has 6 heavy (non-hydrogen) atoms. The summed E-state index contributed by atoms with van der Waals surface area (Å²) in [7, 11) is 0. The van der Waals surface area contributed by atoms with E-state index in [2.05, 4.69) is 0 Å². The Kier molecular flexibility index (Phi) is 603. The maximum Gasteiger partial charge on any atom is 0 e. The van der Waals surface area contributed by atoms with Crippen molar-refractivity contribution < 1.29 is 73.9 Å². The Bertz CT molecular complexity index is 15.5. The van der Waals surface area contributed by atoms with Gasteiger partial charge in [0, 0.05) is 82.3 Å². The van der Waals surface area contributed by atoms with Crippen LogP contribution >= 0.6 is 0 Å². The fraction of sp³-hybridized carbons (Fsp3) is 0. The molecule has 0 aliphatic rings. The quantitative estimate of drug-likeness (QED) is 0.461. The summed E-state index contributed by atoms with van der Waals surface area (Å²) >= 11 is 0. The summed E-state index contributed by atoms with van der Waals surface area (Å²) in [6.45, 7) is 0. The summed E-state index contributed by atoms with van der Waals surface area (Å²) in [5.41, 5.74) is 0. The average molecular weight is 307 g/mol. The van der Waals surface area contributed by atoms with E-state index in [0.717, 1.165) is 0 Å². The van der Waals surface area contributed by atoms with E-state index in [1.807, 2.05) is 0 Å². The molecule has 0 aliphatic carbocycles. The van der Waals surface area contributed by atoms with E-state index in [0.29, 0.717) is 0 Å². The first-order valence-electron chi connectivity index (χ1n) is 0. The Hall–Kier alpha value is 2.59. The van der Waals surface area contributed by atoms with Crippen molar-refractivity contribution in [2.24, 2.45) is 0 Å². The zero-order chi connectivity index (χ0) is 0. The van der Waals surface area contributed by atoms with Crippen LogP contribution in [0, 0.1) is 0 Å². The first kappa shape index (κ1) is 73.7. The summed E-state index contributed by atoms with van der Waals surface area (Å²) in [6, 6.07) is 0. The van der Waals surface area contributed by atoms with Gasteiger partial charge in [0.25, 0.3) is 0 Å². The molecule has 0 atom stereocenters. The van der Waals surface area contributed by atoms with Gasteiger partial charge < -0.3 is 0 Å². The van der Waals surface area contributed by atoms with Crippen LogP contribution in [0.25, 0.3) is 0 Å². The van der Waals surface area contributed by atoms with Crippen molar-refractivity contribution in [1.29, 1.82) is 0 Å². The van der Waals surface area contributed by atoms with E-state index >= 15 is 0 Å².